The van der Waals surface area contributed by atoms with E-state index < -0.39 is 18.2 Å². The highest BCUT2D eigenvalue weighted by molar-refractivity contribution is 7.21. The quantitative estimate of drug-likeness (QED) is 0.877. The van der Waals surface area contributed by atoms with Crippen molar-refractivity contribution in [3.63, 3.8) is 0 Å². The zero-order chi connectivity index (χ0) is 17.8. The average Bonchev–Trinajstić information content (AvgIpc) is 3.06. The van der Waals surface area contributed by atoms with Crippen LogP contribution in [0.5, 0.6) is 5.75 Å². The molecule has 2 aliphatic heterocycles. The number of carbonyl (C=O) groups excluding carboxylic acids is 2. The molecule has 0 radical (unpaired) electrons. The molecule has 1 aromatic heterocycles. The predicted octanol–water partition coefficient (Wildman–Crippen LogP) is 3.09. The number of rotatable bonds is 3. The molecule has 0 saturated carbocycles. The highest BCUT2D eigenvalue weighted by atomic mass is 35.5. The SMILES string of the molecule is O=C1NC2(CO1)CN(C(=O)c1sc3cc(OC(F)F)ccc3c1Cl)C2. The number of alkyl carbamates (subject to hydrolysis) is 1. The topological polar surface area (TPSA) is 67.9 Å². The Morgan fingerprint density at radius 1 is 1.44 bits per heavy atom. The van der Waals surface area contributed by atoms with Crippen molar-refractivity contribution in [2.45, 2.75) is 12.2 Å². The van der Waals surface area contributed by atoms with Crippen LogP contribution in [0.4, 0.5) is 13.6 Å². The third-order valence-corrected chi connectivity index (χ3v) is 5.79. The van der Waals surface area contributed by atoms with E-state index in [1.54, 1.807) is 11.0 Å². The van der Waals surface area contributed by atoms with Crippen molar-refractivity contribution >= 4 is 45.0 Å². The van der Waals surface area contributed by atoms with Crippen LogP contribution in [0.25, 0.3) is 10.1 Å². The van der Waals surface area contributed by atoms with Gasteiger partial charge in [-0.1, -0.05) is 11.6 Å². The van der Waals surface area contributed by atoms with Crippen molar-refractivity contribution < 1.29 is 27.8 Å². The molecule has 2 aliphatic rings. The fourth-order valence-corrected chi connectivity index (χ4v) is 4.50. The van der Waals surface area contributed by atoms with Crippen LogP contribution in [0.1, 0.15) is 9.67 Å². The number of nitrogens with one attached hydrogen (secondary N) is 1. The molecule has 1 spiro atoms. The van der Waals surface area contributed by atoms with Crippen LogP contribution in [0.2, 0.25) is 5.02 Å². The van der Waals surface area contributed by atoms with Crippen LogP contribution in [-0.4, -0.2) is 48.7 Å². The summed E-state index contributed by atoms with van der Waals surface area (Å²) in [6.45, 7) is -2.02. The van der Waals surface area contributed by atoms with Gasteiger partial charge in [0.2, 0.25) is 0 Å². The van der Waals surface area contributed by atoms with Gasteiger partial charge >= 0.3 is 12.7 Å². The van der Waals surface area contributed by atoms with Gasteiger partial charge in [0.25, 0.3) is 5.91 Å². The van der Waals surface area contributed by atoms with E-state index in [1.807, 2.05) is 0 Å². The molecule has 1 aromatic carbocycles. The van der Waals surface area contributed by atoms with Gasteiger partial charge < -0.3 is 19.7 Å². The minimum absolute atomic E-state index is 0.00753. The van der Waals surface area contributed by atoms with Gasteiger partial charge in [0.15, 0.2) is 0 Å². The number of fused-ring (bicyclic) bond motifs is 1. The molecule has 0 bridgehead atoms. The molecule has 0 unspecified atom stereocenters. The van der Waals surface area contributed by atoms with Crippen molar-refractivity contribution in [2.24, 2.45) is 0 Å². The van der Waals surface area contributed by atoms with Crippen molar-refractivity contribution in [1.29, 1.82) is 0 Å². The fourth-order valence-electron chi connectivity index (χ4n) is 2.99. The van der Waals surface area contributed by atoms with Crippen LogP contribution in [0, 0.1) is 0 Å². The van der Waals surface area contributed by atoms with Crippen LogP contribution in [0.3, 0.4) is 0 Å². The van der Waals surface area contributed by atoms with Crippen LogP contribution in [-0.2, 0) is 4.74 Å². The molecule has 2 aromatic rings. The lowest BCUT2D eigenvalue weighted by Crippen LogP contribution is -2.69. The number of alkyl halides is 2. The Labute approximate surface area is 149 Å². The van der Waals surface area contributed by atoms with E-state index in [0.29, 0.717) is 28.1 Å². The van der Waals surface area contributed by atoms with Crippen LogP contribution >= 0.6 is 22.9 Å². The largest absolute Gasteiger partial charge is 0.447 e. The summed E-state index contributed by atoms with van der Waals surface area (Å²) in [6.07, 6.45) is -0.487. The average molecular weight is 389 g/mol. The smallest absolute Gasteiger partial charge is 0.407 e. The Morgan fingerprint density at radius 2 is 2.20 bits per heavy atom. The maximum Gasteiger partial charge on any atom is 0.407 e. The first kappa shape index (κ1) is 16.3. The van der Waals surface area contributed by atoms with E-state index in [-0.39, 0.29) is 23.3 Å². The second-order valence-electron chi connectivity index (χ2n) is 5.92. The molecule has 10 heteroatoms. The van der Waals surface area contributed by atoms with E-state index in [1.165, 1.54) is 12.1 Å². The molecule has 0 atom stereocenters. The molecule has 3 heterocycles. The van der Waals surface area contributed by atoms with Crippen molar-refractivity contribution in [3.05, 3.63) is 28.1 Å². The summed E-state index contributed by atoms with van der Waals surface area (Å²) >= 11 is 7.40. The number of likely N-dealkylation sites (tertiary alicyclic amines) is 1. The maximum absolute atomic E-state index is 12.6. The number of hydrogen-bond donors (Lipinski definition) is 1. The number of amides is 2. The molecule has 0 aliphatic carbocycles. The number of hydrogen-bond acceptors (Lipinski definition) is 5. The summed E-state index contributed by atoms with van der Waals surface area (Å²) in [6, 6.07) is 4.36. The van der Waals surface area contributed by atoms with Gasteiger partial charge in [-0.3, -0.25) is 4.79 Å². The van der Waals surface area contributed by atoms with Crippen molar-refractivity contribution in [1.82, 2.24) is 10.2 Å². The fraction of sp³-hybridized carbons (Fsp3) is 0.333. The van der Waals surface area contributed by atoms with Crippen molar-refractivity contribution in [2.75, 3.05) is 19.7 Å². The third kappa shape index (κ3) is 2.77. The third-order valence-electron chi connectivity index (χ3n) is 4.14. The monoisotopic (exact) mass is 388 g/mol. The number of halogens is 3. The lowest BCUT2D eigenvalue weighted by Gasteiger charge is -2.45. The summed E-state index contributed by atoms with van der Waals surface area (Å²) < 4.78 is 34.5. The molecule has 2 saturated heterocycles. The minimum atomic E-state index is -2.92. The Hall–Kier alpha value is -2.13. The highest BCUT2D eigenvalue weighted by Crippen LogP contribution is 2.39. The summed E-state index contributed by atoms with van der Waals surface area (Å²) in [5, 5.41) is 3.58. The second-order valence-corrected chi connectivity index (χ2v) is 7.35. The number of nitrogens with zero attached hydrogens (tertiary/aromatic N) is 1. The molecule has 2 fully saturated rings. The molecule has 2 amide bonds. The normalized spacial score (nSPS) is 18.4. The summed E-state index contributed by atoms with van der Waals surface area (Å²) in [5.74, 6) is -0.262. The number of benzene rings is 1. The lowest BCUT2D eigenvalue weighted by molar-refractivity contribution is -0.0497. The maximum atomic E-state index is 12.6. The Kier molecular flexibility index (Phi) is 3.73. The number of cyclic esters (lactones) is 1. The van der Waals surface area contributed by atoms with E-state index in [4.69, 9.17) is 16.3 Å². The number of ether oxygens (including phenoxy) is 2. The predicted molar refractivity (Wildman–Crippen MR) is 86.6 cm³/mol. The molecular formula is C15H11ClF2N2O4S. The summed E-state index contributed by atoms with van der Waals surface area (Å²) in [5.41, 5.74) is -0.520. The molecule has 132 valence electrons. The lowest BCUT2D eigenvalue weighted by atomic mass is 9.91. The number of thiophene rings is 1. The van der Waals surface area contributed by atoms with Crippen molar-refractivity contribution in [3.8, 4) is 5.75 Å². The molecule has 25 heavy (non-hydrogen) atoms. The first-order valence-corrected chi connectivity index (χ1v) is 8.47. The number of carbonyl (C=O) groups is 2. The van der Waals surface area contributed by atoms with E-state index in [0.717, 1.165) is 11.3 Å². The van der Waals surface area contributed by atoms with Gasteiger partial charge in [-0.05, 0) is 18.2 Å². The van der Waals surface area contributed by atoms with Gasteiger partial charge in [-0.15, -0.1) is 11.3 Å². The Balaban J connectivity index is 1.56. The Morgan fingerprint density at radius 3 is 2.84 bits per heavy atom. The first-order chi connectivity index (χ1) is 11.9. The Bertz CT molecular complexity index is 882. The summed E-state index contributed by atoms with van der Waals surface area (Å²) in [7, 11) is 0. The summed E-state index contributed by atoms with van der Waals surface area (Å²) in [4.78, 5) is 25.7. The van der Waals surface area contributed by atoms with Gasteiger partial charge in [0, 0.05) is 23.2 Å². The zero-order valence-electron chi connectivity index (χ0n) is 12.6. The first-order valence-electron chi connectivity index (χ1n) is 7.28. The molecule has 4 rings (SSSR count). The zero-order valence-corrected chi connectivity index (χ0v) is 14.1. The van der Waals surface area contributed by atoms with Gasteiger partial charge in [-0.2, -0.15) is 8.78 Å². The van der Waals surface area contributed by atoms with Crippen LogP contribution in [0.15, 0.2) is 18.2 Å². The van der Waals surface area contributed by atoms with Gasteiger partial charge in [0.1, 0.15) is 22.8 Å². The van der Waals surface area contributed by atoms with Gasteiger partial charge in [-0.25, -0.2) is 4.79 Å². The van der Waals surface area contributed by atoms with E-state index >= 15 is 0 Å². The van der Waals surface area contributed by atoms with Gasteiger partial charge in [0.05, 0.1) is 5.02 Å². The standard InChI is InChI=1S/C15H11ClF2N2O4S/c16-10-8-2-1-7(24-13(17)18)3-9(8)25-11(10)12(21)20-4-15(5-20)6-23-14(22)19-15/h1-3,13H,4-6H2,(H,19,22). The second kappa shape index (κ2) is 5.70. The van der Waals surface area contributed by atoms with E-state index in [2.05, 4.69) is 10.1 Å². The van der Waals surface area contributed by atoms with E-state index in [9.17, 15) is 18.4 Å². The molecule has 1 N–H and O–H groups in total. The molecular weight excluding hydrogens is 378 g/mol. The van der Waals surface area contributed by atoms with Crippen LogP contribution < -0.4 is 10.1 Å². The minimum Gasteiger partial charge on any atom is -0.447 e. The highest BCUT2D eigenvalue weighted by Gasteiger charge is 2.51. The molecule has 6 nitrogen and oxygen atoms in total.